The van der Waals surface area contributed by atoms with Gasteiger partial charge in [0.2, 0.25) is 23.6 Å². The first-order chi connectivity index (χ1) is 16.4. The van der Waals surface area contributed by atoms with Crippen LogP contribution in [0.3, 0.4) is 0 Å². The Balaban J connectivity index is 2.89. The summed E-state index contributed by atoms with van der Waals surface area (Å²) < 4.78 is 0. The van der Waals surface area contributed by atoms with E-state index in [9.17, 15) is 39.0 Å². The minimum absolute atomic E-state index is 0.0664. The molecule has 14 heteroatoms. The molecule has 0 saturated carbocycles. The average Bonchev–Trinajstić information content (AvgIpc) is 2.79. The van der Waals surface area contributed by atoms with Gasteiger partial charge in [0.1, 0.15) is 18.1 Å². The molecular formula is C21H29N5O9. The highest BCUT2D eigenvalue weighted by Crippen LogP contribution is 2.05. The molecule has 1 aromatic carbocycles. The smallest absolute Gasteiger partial charge is 0.326 e. The van der Waals surface area contributed by atoms with Crippen molar-refractivity contribution in [3.05, 3.63) is 35.9 Å². The number of carbonyl (C=O) groups is 6. The van der Waals surface area contributed by atoms with E-state index >= 15 is 0 Å². The SMILES string of the molecule is NC(=O)CC(N)C(=O)NC(CCC(=O)O)C(=O)NC(CO)C(=O)NC(Cc1ccccc1)C(=O)O. The number of hydrogen-bond acceptors (Lipinski definition) is 8. The highest BCUT2D eigenvalue weighted by Gasteiger charge is 2.30. The van der Waals surface area contributed by atoms with Gasteiger partial charge in [0.15, 0.2) is 0 Å². The van der Waals surface area contributed by atoms with Gasteiger partial charge in [0.05, 0.1) is 19.1 Å². The highest BCUT2D eigenvalue weighted by atomic mass is 16.4. The number of aliphatic hydroxyl groups excluding tert-OH is 1. The van der Waals surface area contributed by atoms with E-state index in [4.69, 9.17) is 16.6 Å². The minimum atomic E-state index is -1.61. The Bertz CT molecular complexity index is 925. The molecule has 0 aromatic heterocycles. The lowest BCUT2D eigenvalue weighted by atomic mass is 10.1. The fraction of sp³-hybridized carbons (Fsp3) is 0.429. The molecule has 0 bridgehead atoms. The average molecular weight is 495 g/mol. The number of benzene rings is 1. The second-order valence-corrected chi connectivity index (χ2v) is 7.60. The third kappa shape index (κ3) is 10.6. The van der Waals surface area contributed by atoms with Crippen LogP contribution in [0.1, 0.15) is 24.8 Å². The molecule has 35 heavy (non-hydrogen) atoms. The quantitative estimate of drug-likeness (QED) is 0.121. The number of nitrogens with one attached hydrogen (secondary N) is 3. The molecule has 0 radical (unpaired) electrons. The van der Waals surface area contributed by atoms with E-state index in [0.29, 0.717) is 5.56 Å². The van der Waals surface area contributed by atoms with Crippen LogP contribution in [-0.4, -0.2) is 81.7 Å². The molecule has 4 unspecified atom stereocenters. The second kappa shape index (κ2) is 14.3. The summed E-state index contributed by atoms with van der Waals surface area (Å²) in [5.41, 5.74) is 11.1. The number of carbonyl (C=O) groups excluding carboxylic acids is 4. The van der Waals surface area contributed by atoms with Crippen LogP contribution >= 0.6 is 0 Å². The van der Waals surface area contributed by atoms with Gasteiger partial charge in [-0.05, 0) is 12.0 Å². The van der Waals surface area contributed by atoms with E-state index < -0.39 is 85.6 Å². The maximum Gasteiger partial charge on any atom is 0.326 e. The van der Waals surface area contributed by atoms with Crippen LogP contribution in [0.25, 0.3) is 0 Å². The molecule has 0 heterocycles. The summed E-state index contributed by atoms with van der Waals surface area (Å²) in [4.78, 5) is 70.8. The number of hydrogen-bond donors (Lipinski definition) is 8. The predicted molar refractivity (Wildman–Crippen MR) is 119 cm³/mol. The number of aliphatic hydroxyl groups is 1. The Morgan fingerprint density at radius 1 is 0.829 bits per heavy atom. The molecule has 0 aliphatic heterocycles. The monoisotopic (exact) mass is 495 g/mol. The van der Waals surface area contributed by atoms with E-state index in [1.165, 1.54) is 0 Å². The lowest BCUT2D eigenvalue weighted by molar-refractivity contribution is -0.142. The van der Waals surface area contributed by atoms with Crippen LogP contribution < -0.4 is 27.4 Å². The predicted octanol–water partition coefficient (Wildman–Crippen LogP) is -3.17. The zero-order valence-electron chi connectivity index (χ0n) is 18.7. The summed E-state index contributed by atoms with van der Waals surface area (Å²) in [6, 6.07) is 2.56. The molecule has 1 rings (SSSR count). The zero-order valence-corrected chi connectivity index (χ0v) is 18.7. The van der Waals surface area contributed by atoms with E-state index in [1.54, 1.807) is 30.3 Å². The molecule has 4 atom stereocenters. The van der Waals surface area contributed by atoms with Crippen molar-refractivity contribution in [3.63, 3.8) is 0 Å². The summed E-state index contributed by atoms with van der Waals surface area (Å²) in [5.74, 6) is -6.51. The Morgan fingerprint density at radius 3 is 1.89 bits per heavy atom. The number of nitrogens with two attached hydrogens (primary N) is 2. The highest BCUT2D eigenvalue weighted by molar-refractivity contribution is 5.95. The van der Waals surface area contributed by atoms with Crippen molar-refractivity contribution < 1.29 is 44.1 Å². The maximum atomic E-state index is 12.7. The molecule has 0 aliphatic carbocycles. The number of rotatable bonds is 15. The van der Waals surface area contributed by atoms with Crippen molar-refractivity contribution >= 4 is 35.6 Å². The summed E-state index contributed by atoms with van der Waals surface area (Å²) in [6.07, 6.45) is -1.54. The molecule has 0 fully saturated rings. The number of amides is 4. The summed E-state index contributed by atoms with van der Waals surface area (Å²) in [7, 11) is 0. The second-order valence-electron chi connectivity index (χ2n) is 7.60. The van der Waals surface area contributed by atoms with E-state index in [-0.39, 0.29) is 6.42 Å². The Labute approximate surface area is 200 Å². The first-order valence-electron chi connectivity index (χ1n) is 10.5. The van der Waals surface area contributed by atoms with Gasteiger partial charge < -0.3 is 42.7 Å². The summed E-state index contributed by atoms with van der Waals surface area (Å²) in [6.45, 7) is -0.921. The van der Waals surface area contributed by atoms with Crippen molar-refractivity contribution in [1.29, 1.82) is 0 Å². The van der Waals surface area contributed by atoms with Crippen molar-refractivity contribution in [2.24, 2.45) is 11.5 Å². The van der Waals surface area contributed by atoms with E-state index in [2.05, 4.69) is 16.0 Å². The first kappa shape index (κ1) is 29.0. The molecule has 0 saturated heterocycles. The van der Waals surface area contributed by atoms with Crippen molar-refractivity contribution in [3.8, 4) is 0 Å². The van der Waals surface area contributed by atoms with Gasteiger partial charge in [-0.3, -0.25) is 24.0 Å². The molecule has 4 amide bonds. The third-order valence-corrected chi connectivity index (χ3v) is 4.75. The Hall–Kier alpha value is -4.04. The summed E-state index contributed by atoms with van der Waals surface area (Å²) in [5, 5.41) is 34.5. The van der Waals surface area contributed by atoms with E-state index in [1.807, 2.05) is 0 Å². The lowest BCUT2D eigenvalue weighted by Crippen LogP contribution is -2.58. The lowest BCUT2D eigenvalue weighted by Gasteiger charge is -2.24. The van der Waals surface area contributed by atoms with Crippen LogP contribution in [0.2, 0.25) is 0 Å². The van der Waals surface area contributed by atoms with Crippen LogP contribution in [-0.2, 0) is 35.2 Å². The van der Waals surface area contributed by atoms with Gasteiger partial charge >= 0.3 is 11.9 Å². The number of carboxylic acids is 2. The number of carboxylic acid groups (broad SMARTS) is 2. The normalized spacial score (nSPS) is 14.0. The van der Waals surface area contributed by atoms with Crippen LogP contribution in [0, 0.1) is 0 Å². The van der Waals surface area contributed by atoms with Gasteiger partial charge in [-0.15, -0.1) is 0 Å². The molecule has 192 valence electrons. The van der Waals surface area contributed by atoms with Gasteiger partial charge in [0.25, 0.3) is 0 Å². The van der Waals surface area contributed by atoms with Crippen molar-refractivity contribution in [1.82, 2.24) is 16.0 Å². The Morgan fingerprint density at radius 2 is 1.37 bits per heavy atom. The number of primary amides is 1. The van der Waals surface area contributed by atoms with Crippen LogP contribution in [0.5, 0.6) is 0 Å². The third-order valence-electron chi connectivity index (χ3n) is 4.75. The molecular weight excluding hydrogens is 466 g/mol. The van der Waals surface area contributed by atoms with Crippen molar-refractivity contribution in [2.45, 2.75) is 49.9 Å². The molecule has 0 aliphatic rings. The molecule has 1 aromatic rings. The molecule has 10 N–H and O–H groups in total. The fourth-order valence-electron chi connectivity index (χ4n) is 2.91. The molecule has 14 nitrogen and oxygen atoms in total. The van der Waals surface area contributed by atoms with E-state index in [0.717, 1.165) is 0 Å². The van der Waals surface area contributed by atoms with Gasteiger partial charge in [-0.1, -0.05) is 30.3 Å². The Kier molecular flexibility index (Phi) is 11.8. The van der Waals surface area contributed by atoms with Crippen LogP contribution in [0.4, 0.5) is 0 Å². The fourth-order valence-corrected chi connectivity index (χ4v) is 2.91. The largest absolute Gasteiger partial charge is 0.481 e. The zero-order chi connectivity index (χ0) is 26.5. The van der Waals surface area contributed by atoms with Crippen molar-refractivity contribution in [2.75, 3.05) is 6.61 Å². The van der Waals surface area contributed by atoms with Crippen LogP contribution in [0.15, 0.2) is 30.3 Å². The summed E-state index contributed by atoms with van der Waals surface area (Å²) >= 11 is 0. The topological polar surface area (TPSA) is 251 Å². The van der Waals surface area contributed by atoms with Gasteiger partial charge in [-0.2, -0.15) is 0 Å². The maximum absolute atomic E-state index is 12.7. The van der Waals surface area contributed by atoms with Gasteiger partial charge in [0, 0.05) is 12.8 Å². The molecule has 0 spiro atoms. The van der Waals surface area contributed by atoms with Gasteiger partial charge in [-0.25, -0.2) is 4.79 Å². The first-order valence-corrected chi connectivity index (χ1v) is 10.5. The number of aliphatic carboxylic acids is 2. The minimum Gasteiger partial charge on any atom is -0.481 e. The standard InChI is InChI=1S/C21H29N5O9/c22-12(9-16(23)28)18(31)24-13(6-7-17(29)30)19(32)26-15(10-27)20(33)25-14(21(34)35)8-11-4-2-1-3-5-11/h1-5,12-15,27H,6-10,22H2,(H2,23,28)(H,24,31)(H,25,33)(H,26,32)(H,29,30)(H,34,35).